The summed E-state index contributed by atoms with van der Waals surface area (Å²) in [6.45, 7) is 0. The predicted molar refractivity (Wildman–Crippen MR) is 71.1 cm³/mol. The normalized spacial score (nSPS) is 10.8. The van der Waals surface area contributed by atoms with Gasteiger partial charge in [-0.1, -0.05) is 17.8 Å². The Morgan fingerprint density at radius 1 is 1.16 bits per heavy atom. The summed E-state index contributed by atoms with van der Waals surface area (Å²) < 4.78 is 14.6. The van der Waals surface area contributed by atoms with Crippen LogP contribution >= 0.6 is 11.8 Å². The van der Waals surface area contributed by atoms with Crippen LogP contribution in [0.1, 0.15) is 10.5 Å². The fourth-order valence-corrected chi connectivity index (χ4v) is 2.68. The summed E-state index contributed by atoms with van der Waals surface area (Å²) in [6, 6.07) is 11.6. The van der Waals surface area contributed by atoms with Crippen LogP contribution in [-0.2, 0) is 0 Å². The number of rotatable bonds is 3. The molecule has 0 radical (unpaired) electrons. The minimum absolute atomic E-state index is 0.282. The molecular formula is C14H9FN2OS. The lowest BCUT2D eigenvalue weighted by Crippen LogP contribution is -1.90. The van der Waals surface area contributed by atoms with Crippen LogP contribution in [0.2, 0.25) is 0 Å². The quantitative estimate of drug-likeness (QED) is 0.685. The molecule has 3 aromatic rings. The van der Waals surface area contributed by atoms with Gasteiger partial charge in [-0.3, -0.25) is 9.20 Å². The number of fused-ring (bicyclic) bond motifs is 1. The van der Waals surface area contributed by atoms with Gasteiger partial charge in [0.15, 0.2) is 6.29 Å². The summed E-state index contributed by atoms with van der Waals surface area (Å²) >= 11 is 1.34. The average Bonchev–Trinajstić information content (AvgIpc) is 2.78. The molecule has 0 fully saturated rings. The van der Waals surface area contributed by atoms with Crippen LogP contribution in [0.25, 0.3) is 5.65 Å². The smallest absolute Gasteiger partial charge is 0.169 e. The van der Waals surface area contributed by atoms with Gasteiger partial charge in [-0.15, -0.1) is 0 Å². The molecule has 0 bridgehead atoms. The maximum absolute atomic E-state index is 12.9. The second-order valence-corrected chi connectivity index (χ2v) is 4.97. The summed E-state index contributed by atoms with van der Waals surface area (Å²) in [5.74, 6) is -0.282. The minimum atomic E-state index is -0.282. The Hall–Kier alpha value is -2.14. The van der Waals surface area contributed by atoms with Crippen molar-refractivity contribution in [1.82, 2.24) is 9.38 Å². The number of halogens is 1. The van der Waals surface area contributed by atoms with E-state index in [1.807, 2.05) is 18.2 Å². The highest BCUT2D eigenvalue weighted by atomic mass is 32.2. The largest absolute Gasteiger partial charge is 0.296 e. The second-order valence-electron chi connectivity index (χ2n) is 3.90. The molecule has 0 aliphatic rings. The van der Waals surface area contributed by atoms with E-state index in [1.54, 1.807) is 22.7 Å². The molecule has 0 saturated carbocycles. The number of pyridine rings is 1. The number of nitrogens with zero attached hydrogens (tertiary/aromatic N) is 2. The molecule has 3 nitrogen and oxygen atoms in total. The van der Waals surface area contributed by atoms with Crippen molar-refractivity contribution in [1.29, 1.82) is 0 Å². The van der Waals surface area contributed by atoms with E-state index < -0.39 is 0 Å². The molecule has 0 spiro atoms. The van der Waals surface area contributed by atoms with Crippen LogP contribution in [0.3, 0.4) is 0 Å². The third-order valence-corrected chi connectivity index (χ3v) is 3.67. The van der Waals surface area contributed by atoms with Crippen LogP contribution in [0.5, 0.6) is 0 Å². The highest BCUT2D eigenvalue weighted by Gasteiger charge is 2.12. The molecule has 19 heavy (non-hydrogen) atoms. The summed E-state index contributed by atoms with van der Waals surface area (Å²) in [5.41, 5.74) is 1.22. The molecule has 5 heteroatoms. The zero-order chi connectivity index (χ0) is 13.2. The first-order valence-corrected chi connectivity index (χ1v) is 6.45. The summed E-state index contributed by atoms with van der Waals surface area (Å²) in [4.78, 5) is 16.5. The number of aromatic nitrogens is 2. The second kappa shape index (κ2) is 4.85. The van der Waals surface area contributed by atoms with Gasteiger partial charge >= 0.3 is 0 Å². The van der Waals surface area contributed by atoms with Gasteiger partial charge in [-0.05, 0) is 36.4 Å². The molecule has 0 aliphatic heterocycles. The Morgan fingerprint density at radius 3 is 2.68 bits per heavy atom. The monoisotopic (exact) mass is 272 g/mol. The first-order chi connectivity index (χ1) is 9.28. The first kappa shape index (κ1) is 11.9. The molecule has 0 N–H and O–H groups in total. The molecule has 94 valence electrons. The van der Waals surface area contributed by atoms with Crippen LogP contribution in [0.4, 0.5) is 4.39 Å². The van der Waals surface area contributed by atoms with E-state index in [0.29, 0.717) is 16.4 Å². The van der Waals surface area contributed by atoms with E-state index in [9.17, 15) is 9.18 Å². The van der Waals surface area contributed by atoms with Gasteiger partial charge in [-0.2, -0.15) is 0 Å². The Bertz CT molecular complexity index is 737. The fourth-order valence-electron chi connectivity index (χ4n) is 1.79. The molecule has 0 atom stereocenters. The van der Waals surface area contributed by atoms with Crippen molar-refractivity contribution >= 4 is 23.7 Å². The number of hydrogen-bond donors (Lipinski definition) is 0. The van der Waals surface area contributed by atoms with E-state index >= 15 is 0 Å². The lowest BCUT2D eigenvalue weighted by atomic mass is 10.4. The van der Waals surface area contributed by atoms with E-state index in [0.717, 1.165) is 11.2 Å². The van der Waals surface area contributed by atoms with E-state index in [-0.39, 0.29) is 5.82 Å². The van der Waals surface area contributed by atoms with Gasteiger partial charge in [-0.25, -0.2) is 9.37 Å². The highest BCUT2D eigenvalue weighted by Crippen LogP contribution is 2.29. The predicted octanol–water partition coefficient (Wildman–Crippen LogP) is 3.44. The van der Waals surface area contributed by atoms with Crippen molar-refractivity contribution in [3.8, 4) is 0 Å². The van der Waals surface area contributed by atoms with E-state index in [2.05, 4.69) is 4.98 Å². The molecule has 0 amide bonds. The Balaban J connectivity index is 2.05. The van der Waals surface area contributed by atoms with Gasteiger partial charge in [0.25, 0.3) is 0 Å². The third kappa shape index (κ3) is 2.24. The molecule has 0 aliphatic carbocycles. The van der Waals surface area contributed by atoms with Crippen molar-refractivity contribution in [2.75, 3.05) is 0 Å². The lowest BCUT2D eigenvalue weighted by Gasteiger charge is -1.98. The SMILES string of the molecule is O=Cc1c(Sc2ccc(F)cc2)nc2ccccn12. The maximum Gasteiger partial charge on any atom is 0.169 e. The third-order valence-electron chi connectivity index (χ3n) is 2.67. The summed E-state index contributed by atoms with van der Waals surface area (Å²) in [7, 11) is 0. The fraction of sp³-hybridized carbons (Fsp3) is 0. The number of aldehydes is 1. The number of hydrogen-bond acceptors (Lipinski definition) is 3. The van der Waals surface area contributed by atoms with Crippen molar-refractivity contribution in [3.63, 3.8) is 0 Å². The minimum Gasteiger partial charge on any atom is -0.296 e. The Morgan fingerprint density at radius 2 is 1.95 bits per heavy atom. The van der Waals surface area contributed by atoms with Crippen LogP contribution in [0, 0.1) is 5.82 Å². The Labute approximate surface area is 113 Å². The molecule has 3 rings (SSSR count). The number of carbonyl (C=O) groups excluding carboxylic acids is 1. The molecular weight excluding hydrogens is 263 g/mol. The van der Waals surface area contributed by atoms with Crippen molar-refractivity contribution < 1.29 is 9.18 Å². The number of benzene rings is 1. The highest BCUT2D eigenvalue weighted by molar-refractivity contribution is 7.99. The van der Waals surface area contributed by atoms with E-state index in [1.165, 1.54) is 23.9 Å². The van der Waals surface area contributed by atoms with Gasteiger partial charge in [0.1, 0.15) is 22.2 Å². The molecule has 0 saturated heterocycles. The zero-order valence-corrected chi connectivity index (χ0v) is 10.6. The molecule has 2 aromatic heterocycles. The maximum atomic E-state index is 12.9. The number of carbonyl (C=O) groups is 1. The summed E-state index contributed by atoms with van der Waals surface area (Å²) in [6.07, 6.45) is 2.58. The average molecular weight is 272 g/mol. The molecule has 2 heterocycles. The molecule has 0 unspecified atom stereocenters. The van der Waals surface area contributed by atoms with Gasteiger partial charge < -0.3 is 0 Å². The van der Waals surface area contributed by atoms with Gasteiger partial charge in [0.05, 0.1) is 0 Å². The summed E-state index contributed by atoms with van der Waals surface area (Å²) in [5, 5.41) is 0.618. The van der Waals surface area contributed by atoms with Crippen molar-refractivity contribution in [2.45, 2.75) is 9.92 Å². The van der Waals surface area contributed by atoms with Crippen molar-refractivity contribution in [2.24, 2.45) is 0 Å². The zero-order valence-electron chi connectivity index (χ0n) is 9.79. The Kier molecular flexibility index (Phi) is 3.05. The standard InChI is InChI=1S/C14H9FN2OS/c15-10-4-6-11(7-5-10)19-14-12(9-18)17-8-2-1-3-13(17)16-14/h1-9H. The van der Waals surface area contributed by atoms with Crippen LogP contribution < -0.4 is 0 Å². The lowest BCUT2D eigenvalue weighted by molar-refractivity contribution is 0.111. The van der Waals surface area contributed by atoms with Crippen LogP contribution in [0.15, 0.2) is 58.6 Å². The van der Waals surface area contributed by atoms with Crippen molar-refractivity contribution in [3.05, 3.63) is 60.2 Å². The molecule has 1 aromatic carbocycles. The van der Waals surface area contributed by atoms with Crippen LogP contribution in [-0.4, -0.2) is 15.7 Å². The number of imidazole rings is 1. The first-order valence-electron chi connectivity index (χ1n) is 5.63. The van der Waals surface area contributed by atoms with Gasteiger partial charge in [0, 0.05) is 11.1 Å². The van der Waals surface area contributed by atoms with E-state index in [4.69, 9.17) is 0 Å². The topological polar surface area (TPSA) is 34.4 Å². The van der Waals surface area contributed by atoms with Gasteiger partial charge in [0.2, 0.25) is 0 Å².